The number of aromatic nitrogens is 3. The molecule has 0 bridgehead atoms. The summed E-state index contributed by atoms with van der Waals surface area (Å²) < 4.78 is 108. The van der Waals surface area contributed by atoms with Crippen LogP contribution in [-0.4, -0.2) is 73.1 Å². The van der Waals surface area contributed by atoms with Crippen LogP contribution in [0.4, 0.5) is 23.0 Å². The van der Waals surface area contributed by atoms with Crippen molar-refractivity contribution in [2.45, 2.75) is 14.7 Å². The number of anilines is 2. The van der Waals surface area contributed by atoms with E-state index in [-0.39, 0.29) is 33.5 Å². The number of methoxy groups -OCH3 is 1. The minimum Gasteiger partial charge on any atom is -0.505 e. The van der Waals surface area contributed by atoms with E-state index in [1.165, 1.54) is 37.3 Å². The summed E-state index contributed by atoms with van der Waals surface area (Å²) in [6.07, 6.45) is 0. The van der Waals surface area contributed by atoms with E-state index >= 15 is 0 Å². The van der Waals surface area contributed by atoms with Gasteiger partial charge in [-0.2, -0.15) is 30.2 Å². The van der Waals surface area contributed by atoms with Crippen LogP contribution in [0.2, 0.25) is 0 Å². The third-order valence-electron chi connectivity index (χ3n) is 6.56. The standard InChI is InChI=1S/C25H20N6O12S3/c1-31(23-26-24(33)28-25(27-23)43-2)13-6-7-14-12(10-13)11-19(45(37,38)39)20(21(14)32)30-29-17-9-8-15-16(22(17)46(40,41)42)4-3-5-18(15)44(34,35)36/h3-11,32H,1-2H3,(H,34,35,36)(H,37,38,39)(H,40,41,42)(H,26,27,28,33). The Bertz CT molecular complexity index is 2500. The lowest BCUT2D eigenvalue weighted by Gasteiger charge is -2.19. The minimum atomic E-state index is -5.16. The van der Waals surface area contributed by atoms with E-state index in [4.69, 9.17) is 4.74 Å². The van der Waals surface area contributed by atoms with Crippen molar-refractivity contribution in [2.24, 2.45) is 10.2 Å². The zero-order valence-corrected chi connectivity index (χ0v) is 25.7. The zero-order valence-electron chi connectivity index (χ0n) is 23.2. The third kappa shape index (κ3) is 6.09. The molecule has 5 rings (SSSR count). The Hall–Kier alpha value is -5.06. The molecule has 0 unspecified atom stereocenters. The van der Waals surface area contributed by atoms with Crippen LogP contribution < -0.4 is 15.3 Å². The quantitative estimate of drug-likeness (QED) is 0.115. The van der Waals surface area contributed by atoms with Gasteiger partial charge in [0, 0.05) is 28.9 Å². The number of phenols is 1. The highest BCUT2D eigenvalue weighted by Crippen LogP contribution is 2.43. The van der Waals surface area contributed by atoms with Gasteiger partial charge in [0.15, 0.2) is 5.75 Å². The Morgan fingerprint density at radius 1 is 0.804 bits per heavy atom. The van der Waals surface area contributed by atoms with Gasteiger partial charge in [-0.25, -0.2) is 4.79 Å². The first kappa shape index (κ1) is 32.3. The van der Waals surface area contributed by atoms with Gasteiger partial charge in [0.05, 0.1) is 7.11 Å². The van der Waals surface area contributed by atoms with E-state index in [1.54, 1.807) is 0 Å². The number of benzene rings is 4. The molecule has 0 aliphatic carbocycles. The average Bonchev–Trinajstić information content (AvgIpc) is 2.97. The molecule has 4 aromatic carbocycles. The van der Waals surface area contributed by atoms with Gasteiger partial charge in [-0.3, -0.25) is 18.6 Å². The van der Waals surface area contributed by atoms with Crippen LogP contribution in [0, 0.1) is 0 Å². The summed E-state index contributed by atoms with van der Waals surface area (Å²) in [5.41, 5.74) is -1.88. The fraction of sp³-hybridized carbons (Fsp3) is 0.0800. The maximum atomic E-state index is 12.4. The van der Waals surface area contributed by atoms with Gasteiger partial charge in [-0.15, -0.1) is 15.2 Å². The predicted octanol–water partition coefficient (Wildman–Crippen LogP) is 3.11. The zero-order chi connectivity index (χ0) is 33.8. The normalized spacial score (nSPS) is 12.6. The highest BCUT2D eigenvalue weighted by molar-refractivity contribution is 7.86. The molecule has 5 N–H and O–H groups in total. The van der Waals surface area contributed by atoms with Crippen LogP contribution in [0.3, 0.4) is 0 Å². The Morgan fingerprint density at radius 2 is 1.48 bits per heavy atom. The number of ether oxygens (including phenoxy) is 1. The molecule has 0 saturated heterocycles. The molecule has 0 amide bonds. The number of fused-ring (bicyclic) bond motifs is 2. The Morgan fingerprint density at radius 3 is 2.11 bits per heavy atom. The topological polar surface area (TPSA) is 279 Å². The highest BCUT2D eigenvalue weighted by Gasteiger charge is 2.26. The maximum Gasteiger partial charge on any atom is 0.352 e. The second-order valence-electron chi connectivity index (χ2n) is 9.39. The van der Waals surface area contributed by atoms with Crippen LogP contribution in [0.25, 0.3) is 21.5 Å². The number of H-pyrrole nitrogens is 1. The number of nitrogens with zero attached hydrogens (tertiary/aromatic N) is 5. The van der Waals surface area contributed by atoms with Crippen molar-refractivity contribution in [3.8, 4) is 11.8 Å². The Labute approximate surface area is 258 Å². The first-order valence-corrected chi connectivity index (χ1v) is 16.7. The van der Waals surface area contributed by atoms with Gasteiger partial charge in [0.1, 0.15) is 26.1 Å². The number of nitrogens with one attached hydrogen (secondary N) is 1. The summed E-state index contributed by atoms with van der Waals surface area (Å²) in [5.74, 6) is -0.808. The molecular formula is C25H20N6O12S3. The molecule has 1 heterocycles. The van der Waals surface area contributed by atoms with Crippen LogP contribution in [-0.2, 0) is 30.4 Å². The van der Waals surface area contributed by atoms with Crippen molar-refractivity contribution < 1.29 is 48.8 Å². The maximum absolute atomic E-state index is 12.4. The Balaban J connectivity index is 1.69. The summed E-state index contributed by atoms with van der Waals surface area (Å²) in [4.78, 5) is 20.7. The van der Waals surface area contributed by atoms with Crippen molar-refractivity contribution >= 4 is 74.9 Å². The van der Waals surface area contributed by atoms with E-state index in [9.17, 15) is 48.8 Å². The van der Waals surface area contributed by atoms with Gasteiger partial charge in [-0.1, -0.05) is 18.2 Å². The van der Waals surface area contributed by atoms with Crippen molar-refractivity contribution in [1.82, 2.24) is 15.0 Å². The lowest BCUT2D eigenvalue weighted by Crippen LogP contribution is -2.21. The number of aromatic hydroxyl groups is 1. The minimum absolute atomic E-state index is 0.00132. The van der Waals surface area contributed by atoms with Crippen molar-refractivity contribution in [3.05, 3.63) is 65.1 Å². The number of hydrogen-bond donors (Lipinski definition) is 5. The van der Waals surface area contributed by atoms with Gasteiger partial charge in [0.2, 0.25) is 5.95 Å². The Kier molecular flexibility index (Phi) is 8.00. The van der Waals surface area contributed by atoms with Gasteiger partial charge in [0.25, 0.3) is 30.4 Å². The summed E-state index contributed by atoms with van der Waals surface area (Å²) in [6.45, 7) is 0. The second kappa shape index (κ2) is 11.4. The first-order chi connectivity index (χ1) is 21.4. The molecule has 0 aliphatic heterocycles. The number of aromatic amines is 1. The summed E-state index contributed by atoms with van der Waals surface area (Å²) in [7, 11) is -12.3. The van der Waals surface area contributed by atoms with Crippen LogP contribution in [0.5, 0.6) is 11.8 Å². The summed E-state index contributed by atoms with van der Waals surface area (Å²) in [6, 6.07) is 10.1. The van der Waals surface area contributed by atoms with E-state index < -0.39 is 67.9 Å². The van der Waals surface area contributed by atoms with Crippen LogP contribution in [0.15, 0.2) is 84.3 Å². The molecule has 1 aromatic heterocycles. The number of rotatable bonds is 8. The predicted molar refractivity (Wildman–Crippen MR) is 160 cm³/mol. The van der Waals surface area contributed by atoms with Crippen molar-refractivity contribution in [3.63, 3.8) is 0 Å². The smallest absolute Gasteiger partial charge is 0.352 e. The third-order valence-corrected chi connectivity index (χ3v) is 9.29. The molecule has 5 aromatic rings. The largest absolute Gasteiger partial charge is 0.505 e. The lowest BCUT2D eigenvalue weighted by molar-refractivity contribution is 0.376. The van der Waals surface area contributed by atoms with E-state index in [2.05, 4.69) is 25.2 Å². The lowest BCUT2D eigenvalue weighted by atomic mass is 10.1. The van der Waals surface area contributed by atoms with Gasteiger partial charge < -0.3 is 14.7 Å². The fourth-order valence-corrected chi connectivity index (χ4v) is 6.73. The molecule has 21 heteroatoms. The molecular weight excluding hydrogens is 673 g/mol. The van der Waals surface area contributed by atoms with E-state index in [0.717, 1.165) is 36.4 Å². The average molecular weight is 693 g/mol. The second-order valence-corrected chi connectivity index (χ2v) is 13.5. The van der Waals surface area contributed by atoms with Gasteiger partial charge in [-0.05, 0) is 41.8 Å². The SMILES string of the molecule is COc1nc(N(C)c2ccc3c(O)c(N=Nc4ccc5c(S(=O)(=O)O)cccc5c4S(=O)(=O)O)c(S(=O)(=O)O)cc3c2)[nH]c(=O)n1. The molecule has 46 heavy (non-hydrogen) atoms. The molecule has 0 spiro atoms. The van der Waals surface area contributed by atoms with Gasteiger partial charge >= 0.3 is 11.7 Å². The summed E-state index contributed by atoms with van der Waals surface area (Å²) >= 11 is 0. The number of phenolic OH excluding ortho intramolecular Hbond substituents is 1. The summed E-state index contributed by atoms with van der Waals surface area (Å²) in [5, 5.41) is 17.8. The number of azo groups is 1. The number of hydrogen-bond acceptors (Lipinski definition) is 14. The molecule has 0 aliphatic rings. The van der Waals surface area contributed by atoms with E-state index in [1.807, 2.05) is 0 Å². The highest BCUT2D eigenvalue weighted by atomic mass is 32.2. The fourth-order valence-electron chi connectivity index (χ4n) is 4.54. The van der Waals surface area contributed by atoms with Crippen LogP contribution in [0.1, 0.15) is 0 Å². The van der Waals surface area contributed by atoms with Crippen LogP contribution >= 0.6 is 0 Å². The molecule has 0 radical (unpaired) electrons. The first-order valence-electron chi connectivity index (χ1n) is 12.4. The molecule has 0 fully saturated rings. The molecule has 18 nitrogen and oxygen atoms in total. The van der Waals surface area contributed by atoms with Crippen molar-refractivity contribution in [2.75, 3.05) is 19.1 Å². The van der Waals surface area contributed by atoms with E-state index in [0.29, 0.717) is 5.69 Å². The molecule has 0 saturated carbocycles. The van der Waals surface area contributed by atoms with Crippen molar-refractivity contribution in [1.29, 1.82) is 0 Å². The molecule has 240 valence electrons. The monoisotopic (exact) mass is 692 g/mol. The molecule has 0 atom stereocenters.